The van der Waals surface area contributed by atoms with Crippen molar-refractivity contribution in [3.63, 3.8) is 0 Å². The Labute approximate surface area is 116 Å². The highest BCUT2D eigenvalue weighted by Crippen LogP contribution is 2.35. The number of anilines is 1. The van der Waals surface area contributed by atoms with Crippen molar-refractivity contribution < 1.29 is 4.74 Å². The molecular weight excluding hydrogens is 238 g/mol. The summed E-state index contributed by atoms with van der Waals surface area (Å²) < 4.78 is 7.38. The molecule has 1 aromatic rings. The monoisotopic (exact) mass is 265 g/mol. The van der Waals surface area contributed by atoms with E-state index in [1.165, 1.54) is 38.5 Å². The van der Waals surface area contributed by atoms with Crippen LogP contribution in [0.4, 0.5) is 5.95 Å². The van der Waals surface area contributed by atoms with Gasteiger partial charge in [0.2, 0.25) is 5.95 Å². The molecule has 0 spiro atoms. The smallest absolute Gasteiger partial charge is 0.203 e. The molecule has 19 heavy (non-hydrogen) atoms. The molecule has 0 unspecified atom stereocenters. The maximum Gasteiger partial charge on any atom is 0.203 e. The molecule has 108 valence electrons. The highest BCUT2D eigenvalue weighted by molar-refractivity contribution is 5.26. The van der Waals surface area contributed by atoms with Crippen molar-refractivity contribution >= 4 is 5.95 Å². The fourth-order valence-electron chi connectivity index (χ4n) is 3.13. The van der Waals surface area contributed by atoms with E-state index in [9.17, 15) is 0 Å². The van der Waals surface area contributed by atoms with E-state index in [4.69, 9.17) is 4.74 Å². The summed E-state index contributed by atoms with van der Waals surface area (Å²) in [6.45, 7) is 3.83. The van der Waals surface area contributed by atoms with E-state index in [0.29, 0.717) is 6.04 Å². The number of nitrogens with one attached hydrogen (secondary N) is 1. The summed E-state index contributed by atoms with van der Waals surface area (Å²) in [6.07, 6.45) is 12.1. The van der Waals surface area contributed by atoms with Crippen molar-refractivity contribution in [3.05, 3.63) is 12.4 Å². The van der Waals surface area contributed by atoms with Crippen LogP contribution in [0.15, 0.2) is 12.4 Å². The van der Waals surface area contributed by atoms with E-state index in [0.717, 1.165) is 25.0 Å². The Bertz CT molecular complexity index is 356. The summed E-state index contributed by atoms with van der Waals surface area (Å²) in [5.41, 5.74) is 0. The Morgan fingerprint density at radius 1 is 1.37 bits per heavy atom. The molecule has 1 aromatic heterocycles. The molecule has 0 saturated heterocycles. The molecule has 1 heterocycles. The van der Waals surface area contributed by atoms with Gasteiger partial charge in [-0.05, 0) is 31.6 Å². The largest absolute Gasteiger partial charge is 0.383 e. The third kappa shape index (κ3) is 3.96. The number of methoxy groups -OCH3 is 1. The second-order valence-corrected chi connectivity index (χ2v) is 5.54. The minimum absolute atomic E-state index is 0.626. The fourth-order valence-corrected chi connectivity index (χ4v) is 3.13. The van der Waals surface area contributed by atoms with Crippen LogP contribution in [0.5, 0.6) is 0 Å². The van der Waals surface area contributed by atoms with Crippen LogP contribution in [0.25, 0.3) is 0 Å². The molecule has 0 bridgehead atoms. The van der Waals surface area contributed by atoms with Crippen LogP contribution in [-0.2, 0) is 4.74 Å². The van der Waals surface area contributed by atoms with Gasteiger partial charge < -0.3 is 14.6 Å². The third-order valence-electron chi connectivity index (χ3n) is 4.16. The highest BCUT2D eigenvalue weighted by Gasteiger charge is 2.23. The Morgan fingerprint density at radius 2 is 2.16 bits per heavy atom. The average molecular weight is 265 g/mol. The van der Waals surface area contributed by atoms with E-state index >= 15 is 0 Å². The Balaban J connectivity index is 1.87. The van der Waals surface area contributed by atoms with Crippen molar-refractivity contribution in [2.24, 2.45) is 5.92 Å². The van der Waals surface area contributed by atoms with E-state index in [1.807, 2.05) is 6.20 Å². The molecule has 1 aliphatic carbocycles. The first-order valence-electron chi connectivity index (χ1n) is 7.60. The second kappa shape index (κ2) is 7.53. The molecule has 0 amide bonds. The van der Waals surface area contributed by atoms with Gasteiger partial charge in [0.25, 0.3) is 0 Å². The summed E-state index contributed by atoms with van der Waals surface area (Å²) in [5, 5.41) is 3.35. The molecule has 0 atom stereocenters. The first kappa shape index (κ1) is 14.4. The Kier molecular flexibility index (Phi) is 5.70. The van der Waals surface area contributed by atoms with Gasteiger partial charge in [-0.15, -0.1) is 0 Å². The van der Waals surface area contributed by atoms with Gasteiger partial charge in [0.1, 0.15) is 0 Å². The van der Waals surface area contributed by atoms with Gasteiger partial charge in [0.05, 0.1) is 6.61 Å². The standard InChI is InChI=1S/C15H27N3O/c1-3-4-13-5-7-14(8-6-13)18-11-9-16-15(18)17-10-12-19-2/h9,11,13-14H,3-8,10,12H2,1-2H3,(H,16,17). The summed E-state index contributed by atoms with van der Waals surface area (Å²) >= 11 is 0. The zero-order valence-corrected chi connectivity index (χ0v) is 12.3. The van der Waals surface area contributed by atoms with Crippen LogP contribution in [-0.4, -0.2) is 29.8 Å². The zero-order chi connectivity index (χ0) is 13.5. The molecule has 4 heteroatoms. The molecular formula is C15H27N3O. The number of imidazole rings is 1. The maximum absolute atomic E-state index is 5.07. The number of rotatable bonds is 7. The lowest BCUT2D eigenvalue weighted by atomic mass is 9.83. The predicted molar refractivity (Wildman–Crippen MR) is 78.5 cm³/mol. The fraction of sp³-hybridized carbons (Fsp3) is 0.800. The minimum Gasteiger partial charge on any atom is -0.383 e. The summed E-state index contributed by atoms with van der Waals surface area (Å²) in [4.78, 5) is 4.41. The summed E-state index contributed by atoms with van der Waals surface area (Å²) in [7, 11) is 1.73. The van der Waals surface area contributed by atoms with Crippen molar-refractivity contribution in [2.75, 3.05) is 25.6 Å². The third-order valence-corrected chi connectivity index (χ3v) is 4.16. The summed E-state index contributed by atoms with van der Waals surface area (Å²) in [6, 6.07) is 0.626. The van der Waals surface area contributed by atoms with Crippen molar-refractivity contribution in [2.45, 2.75) is 51.5 Å². The summed E-state index contributed by atoms with van der Waals surface area (Å²) in [5.74, 6) is 1.95. The molecule has 0 aliphatic heterocycles. The highest BCUT2D eigenvalue weighted by atomic mass is 16.5. The van der Waals surface area contributed by atoms with Crippen LogP contribution in [0.1, 0.15) is 51.5 Å². The molecule has 1 N–H and O–H groups in total. The van der Waals surface area contributed by atoms with Gasteiger partial charge in [0.15, 0.2) is 0 Å². The van der Waals surface area contributed by atoms with Crippen molar-refractivity contribution in [3.8, 4) is 0 Å². The minimum atomic E-state index is 0.626. The van der Waals surface area contributed by atoms with E-state index < -0.39 is 0 Å². The molecule has 1 fully saturated rings. The quantitative estimate of drug-likeness (QED) is 0.767. The van der Waals surface area contributed by atoms with Gasteiger partial charge in [-0.25, -0.2) is 4.98 Å². The van der Waals surface area contributed by atoms with Crippen molar-refractivity contribution in [1.29, 1.82) is 0 Å². The Morgan fingerprint density at radius 3 is 2.84 bits per heavy atom. The number of hydrogen-bond acceptors (Lipinski definition) is 3. The SMILES string of the molecule is CCCC1CCC(n2ccnc2NCCOC)CC1. The lowest BCUT2D eigenvalue weighted by Crippen LogP contribution is -2.20. The normalized spacial score (nSPS) is 23.5. The first-order chi connectivity index (χ1) is 9.35. The van der Waals surface area contributed by atoms with Gasteiger partial charge in [-0.1, -0.05) is 19.8 Å². The average Bonchev–Trinajstić information content (AvgIpc) is 2.89. The van der Waals surface area contributed by atoms with Gasteiger partial charge >= 0.3 is 0 Å². The lowest BCUT2D eigenvalue weighted by molar-refractivity contribution is 0.210. The van der Waals surface area contributed by atoms with E-state index in [1.54, 1.807) is 7.11 Å². The number of nitrogens with zero attached hydrogens (tertiary/aromatic N) is 2. The van der Waals surface area contributed by atoms with E-state index in [-0.39, 0.29) is 0 Å². The van der Waals surface area contributed by atoms with Crippen LogP contribution >= 0.6 is 0 Å². The maximum atomic E-state index is 5.07. The molecule has 1 saturated carbocycles. The van der Waals surface area contributed by atoms with Crippen LogP contribution in [0, 0.1) is 5.92 Å². The molecule has 2 rings (SSSR count). The zero-order valence-electron chi connectivity index (χ0n) is 12.3. The second-order valence-electron chi connectivity index (χ2n) is 5.54. The van der Waals surface area contributed by atoms with Crippen molar-refractivity contribution in [1.82, 2.24) is 9.55 Å². The first-order valence-corrected chi connectivity index (χ1v) is 7.60. The topological polar surface area (TPSA) is 39.1 Å². The lowest BCUT2D eigenvalue weighted by Gasteiger charge is -2.30. The number of hydrogen-bond donors (Lipinski definition) is 1. The molecule has 4 nitrogen and oxygen atoms in total. The van der Waals surface area contributed by atoms with Gasteiger partial charge in [0, 0.05) is 32.1 Å². The van der Waals surface area contributed by atoms with Crippen LogP contribution < -0.4 is 5.32 Å². The molecule has 0 radical (unpaired) electrons. The number of ether oxygens (including phenoxy) is 1. The van der Waals surface area contributed by atoms with Gasteiger partial charge in [-0.3, -0.25) is 0 Å². The molecule has 1 aliphatic rings. The van der Waals surface area contributed by atoms with E-state index in [2.05, 4.69) is 28.0 Å². The Hall–Kier alpha value is -1.03. The van der Waals surface area contributed by atoms with Crippen LogP contribution in [0.2, 0.25) is 0 Å². The van der Waals surface area contributed by atoms with Crippen LogP contribution in [0.3, 0.4) is 0 Å². The predicted octanol–water partition coefficient (Wildman–Crippen LogP) is 3.47. The van der Waals surface area contributed by atoms with Gasteiger partial charge in [-0.2, -0.15) is 0 Å². The number of aromatic nitrogens is 2. The molecule has 0 aromatic carbocycles.